The highest BCUT2D eigenvalue weighted by atomic mass is 32.3. The van der Waals surface area contributed by atoms with Crippen molar-refractivity contribution in [3.63, 3.8) is 0 Å². The van der Waals surface area contributed by atoms with Crippen molar-refractivity contribution in [2.24, 2.45) is 0 Å². The van der Waals surface area contributed by atoms with E-state index in [0.717, 1.165) is 0 Å². The predicted molar refractivity (Wildman–Crippen MR) is 149 cm³/mol. The Balaban J connectivity index is 0.000000594. The van der Waals surface area contributed by atoms with Crippen LogP contribution in [-0.2, 0) is 23.5 Å². The van der Waals surface area contributed by atoms with Crippen molar-refractivity contribution in [3.8, 4) is 0 Å². The molecule has 37 heavy (non-hydrogen) atoms. The molecule has 0 spiro atoms. The number of hydrogen-bond acceptors (Lipinski definition) is 4. The summed E-state index contributed by atoms with van der Waals surface area (Å²) in [7, 11) is -5.17. The van der Waals surface area contributed by atoms with Gasteiger partial charge in [0.15, 0.2) is 24.8 Å². The molecule has 0 radical (unpaired) electrons. The number of aryl methyl sites for hydroxylation is 2. The van der Waals surface area contributed by atoms with Gasteiger partial charge in [0.25, 0.3) is 0 Å². The Morgan fingerprint density at radius 1 is 0.459 bits per heavy atom. The van der Waals surface area contributed by atoms with E-state index < -0.39 is 10.4 Å². The monoisotopic (exact) mass is 536 g/mol. The highest BCUT2D eigenvalue weighted by Gasteiger charge is 1.98. The van der Waals surface area contributed by atoms with Crippen molar-refractivity contribution >= 4 is 10.4 Å². The SMILES string of the molecule is CCCCCCCCCC[n+]1ccccc1.CCCCCCCCCC[n+]1ccccc1.O=S(=O)([O-])[O-]. The van der Waals surface area contributed by atoms with Gasteiger partial charge in [-0.2, -0.15) is 0 Å². The van der Waals surface area contributed by atoms with E-state index in [9.17, 15) is 0 Å². The van der Waals surface area contributed by atoms with Gasteiger partial charge in [-0.3, -0.25) is 8.42 Å². The molecule has 0 aliphatic rings. The lowest BCUT2D eigenvalue weighted by Crippen LogP contribution is -2.32. The van der Waals surface area contributed by atoms with E-state index in [1.807, 2.05) is 0 Å². The highest BCUT2D eigenvalue weighted by molar-refractivity contribution is 7.79. The molecule has 0 saturated heterocycles. The Labute approximate surface area is 227 Å². The number of aromatic nitrogens is 2. The molecular weight excluding hydrogens is 484 g/mol. The van der Waals surface area contributed by atoms with E-state index in [0.29, 0.717) is 0 Å². The van der Waals surface area contributed by atoms with Gasteiger partial charge in [-0.05, 0) is 12.8 Å². The van der Waals surface area contributed by atoms with Gasteiger partial charge in [0, 0.05) is 47.5 Å². The van der Waals surface area contributed by atoms with Gasteiger partial charge < -0.3 is 9.11 Å². The first kappa shape index (κ1) is 35.2. The molecule has 0 atom stereocenters. The van der Waals surface area contributed by atoms with Crippen LogP contribution in [0.5, 0.6) is 0 Å². The summed E-state index contributed by atoms with van der Waals surface area (Å²) < 4.78 is 38.6. The molecule has 2 aromatic rings. The molecule has 0 aliphatic carbocycles. The lowest BCUT2D eigenvalue weighted by atomic mass is 10.1. The van der Waals surface area contributed by atoms with E-state index >= 15 is 0 Å². The topological polar surface area (TPSA) is 88.0 Å². The fraction of sp³-hybridized carbons (Fsp3) is 0.667. The minimum Gasteiger partial charge on any atom is -0.759 e. The summed E-state index contributed by atoms with van der Waals surface area (Å²) in [5.41, 5.74) is 0. The Bertz CT molecular complexity index is 754. The minimum atomic E-state index is -5.17. The molecule has 0 N–H and O–H groups in total. The molecule has 0 saturated carbocycles. The maximum absolute atomic E-state index is 8.52. The van der Waals surface area contributed by atoms with Crippen LogP contribution in [0.2, 0.25) is 0 Å². The molecule has 0 bridgehead atoms. The van der Waals surface area contributed by atoms with Crippen molar-refractivity contribution in [3.05, 3.63) is 61.2 Å². The first-order valence-electron chi connectivity index (χ1n) is 14.4. The zero-order valence-corrected chi connectivity index (χ0v) is 24.3. The first-order valence-corrected chi connectivity index (χ1v) is 15.7. The Hall–Kier alpha value is -1.83. The maximum atomic E-state index is 8.52. The summed E-state index contributed by atoms with van der Waals surface area (Å²) >= 11 is 0. The molecule has 0 amide bonds. The Kier molecular flexibility index (Phi) is 24.5. The average molecular weight is 537 g/mol. The summed E-state index contributed by atoms with van der Waals surface area (Å²) in [4.78, 5) is 0. The molecule has 0 fully saturated rings. The summed E-state index contributed by atoms with van der Waals surface area (Å²) in [6.45, 7) is 6.90. The van der Waals surface area contributed by atoms with Gasteiger partial charge in [-0.1, -0.05) is 103 Å². The minimum absolute atomic E-state index is 1.18. The summed E-state index contributed by atoms with van der Waals surface area (Å²) in [5.74, 6) is 0. The molecule has 212 valence electrons. The number of pyridine rings is 2. The molecule has 2 heterocycles. The number of nitrogens with zero attached hydrogens (tertiary/aromatic N) is 2. The fourth-order valence-corrected chi connectivity index (χ4v) is 4.02. The molecular formula is C30H52N2O4S. The predicted octanol–water partition coefficient (Wildman–Crippen LogP) is 6.89. The van der Waals surface area contributed by atoms with Crippen LogP contribution < -0.4 is 9.13 Å². The van der Waals surface area contributed by atoms with Crippen molar-refractivity contribution < 1.29 is 26.7 Å². The molecule has 2 rings (SSSR count). The lowest BCUT2D eigenvalue weighted by Gasteiger charge is -2.06. The first-order chi connectivity index (χ1) is 17.9. The summed E-state index contributed by atoms with van der Waals surface area (Å²) in [6, 6.07) is 12.6. The van der Waals surface area contributed by atoms with Gasteiger partial charge in [0.1, 0.15) is 13.1 Å². The second kappa shape index (κ2) is 25.8. The molecule has 0 aromatic carbocycles. The third-order valence-corrected chi connectivity index (χ3v) is 6.09. The lowest BCUT2D eigenvalue weighted by molar-refractivity contribution is -0.697. The normalized spacial score (nSPS) is 10.7. The third kappa shape index (κ3) is 30.3. The van der Waals surface area contributed by atoms with Crippen LogP contribution in [0, 0.1) is 0 Å². The van der Waals surface area contributed by atoms with Crippen molar-refractivity contribution in [1.82, 2.24) is 0 Å². The van der Waals surface area contributed by atoms with Crippen LogP contribution in [0.3, 0.4) is 0 Å². The smallest absolute Gasteiger partial charge is 0.168 e. The van der Waals surface area contributed by atoms with E-state index in [1.165, 1.54) is 116 Å². The molecule has 2 aromatic heterocycles. The Morgan fingerprint density at radius 2 is 0.703 bits per heavy atom. The van der Waals surface area contributed by atoms with Gasteiger partial charge in [0.05, 0.1) is 0 Å². The van der Waals surface area contributed by atoms with Crippen LogP contribution in [0.25, 0.3) is 0 Å². The second-order valence-electron chi connectivity index (χ2n) is 9.58. The summed E-state index contributed by atoms with van der Waals surface area (Å²) in [6.07, 6.45) is 31.0. The van der Waals surface area contributed by atoms with E-state index in [-0.39, 0.29) is 0 Å². The fourth-order valence-electron chi connectivity index (χ4n) is 4.02. The second-order valence-corrected chi connectivity index (χ2v) is 10.4. The summed E-state index contributed by atoms with van der Waals surface area (Å²) in [5, 5.41) is 0. The number of hydrogen-bond donors (Lipinski definition) is 0. The van der Waals surface area contributed by atoms with E-state index in [2.05, 4.69) is 84.2 Å². The zero-order chi connectivity index (χ0) is 27.5. The van der Waals surface area contributed by atoms with Crippen LogP contribution >= 0.6 is 0 Å². The maximum Gasteiger partial charge on any atom is 0.168 e. The van der Waals surface area contributed by atoms with Crippen LogP contribution in [-0.4, -0.2) is 17.5 Å². The van der Waals surface area contributed by atoms with Crippen LogP contribution in [0.1, 0.15) is 117 Å². The third-order valence-electron chi connectivity index (χ3n) is 6.09. The van der Waals surface area contributed by atoms with Crippen LogP contribution in [0.15, 0.2) is 61.2 Å². The standard InChI is InChI=1S/2C15H26N.H2O4S/c2*1-2-3-4-5-6-7-8-10-13-16-14-11-9-12-15-16;1-5(2,3)4/h2*9,11-12,14-15H,2-8,10,13H2,1H3;(H2,1,2,3,4)/q2*+1;/p-2. The van der Waals surface area contributed by atoms with Gasteiger partial charge in [-0.15, -0.1) is 0 Å². The van der Waals surface area contributed by atoms with E-state index in [1.54, 1.807) is 0 Å². The zero-order valence-electron chi connectivity index (χ0n) is 23.4. The van der Waals surface area contributed by atoms with E-state index in [4.69, 9.17) is 17.5 Å². The number of rotatable bonds is 18. The molecule has 6 nitrogen and oxygen atoms in total. The van der Waals surface area contributed by atoms with Crippen molar-refractivity contribution in [2.45, 2.75) is 130 Å². The quantitative estimate of drug-likeness (QED) is 0.0898. The van der Waals surface area contributed by atoms with Gasteiger partial charge in [-0.25, -0.2) is 9.13 Å². The Morgan fingerprint density at radius 3 is 0.973 bits per heavy atom. The van der Waals surface area contributed by atoms with Crippen molar-refractivity contribution in [1.29, 1.82) is 0 Å². The van der Waals surface area contributed by atoms with Gasteiger partial charge >= 0.3 is 0 Å². The molecule has 7 heteroatoms. The number of unbranched alkanes of at least 4 members (excludes halogenated alkanes) is 14. The highest BCUT2D eigenvalue weighted by Crippen LogP contribution is 2.09. The molecule has 0 unspecified atom stereocenters. The molecule has 0 aliphatic heterocycles. The largest absolute Gasteiger partial charge is 0.759 e. The van der Waals surface area contributed by atoms with Crippen molar-refractivity contribution in [2.75, 3.05) is 0 Å². The van der Waals surface area contributed by atoms with Crippen LogP contribution in [0.4, 0.5) is 0 Å². The van der Waals surface area contributed by atoms with Gasteiger partial charge in [0.2, 0.25) is 0 Å². The average Bonchev–Trinajstić information content (AvgIpc) is 2.88.